The van der Waals surface area contributed by atoms with Crippen LogP contribution in [0.25, 0.3) is 11.5 Å². The lowest BCUT2D eigenvalue weighted by Crippen LogP contribution is -1.99. The van der Waals surface area contributed by atoms with Crippen LogP contribution in [0.4, 0.5) is 0 Å². The van der Waals surface area contributed by atoms with Crippen LogP contribution in [-0.2, 0) is 11.2 Å². The highest BCUT2D eigenvalue weighted by Gasteiger charge is 2.13. The summed E-state index contributed by atoms with van der Waals surface area (Å²) >= 11 is 3.34. The van der Waals surface area contributed by atoms with E-state index in [4.69, 9.17) is 9.52 Å². The summed E-state index contributed by atoms with van der Waals surface area (Å²) in [6.07, 6.45) is -0.143. The minimum Gasteiger partial charge on any atom is -0.481 e. The Morgan fingerprint density at radius 1 is 1.41 bits per heavy atom. The van der Waals surface area contributed by atoms with Gasteiger partial charge in [-0.25, -0.2) is 4.98 Å². The number of halogens is 1. The molecule has 0 atom stereocenters. The number of nitrogens with zero attached hydrogens (tertiary/aromatic N) is 1. The van der Waals surface area contributed by atoms with Gasteiger partial charge in [-0.2, -0.15) is 0 Å². The monoisotopic (exact) mass is 295 g/mol. The van der Waals surface area contributed by atoms with Gasteiger partial charge >= 0.3 is 5.97 Å². The second-order valence-electron chi connectivity index (χ2n) is 3.61. The van der Waals surface area contributed by atoms with Gasteiger partial charge < -0.3 is 9.52 Å². The maximum atomic E-state index is 10.6. The minimum absolute atomic E-state index is 0.143. The molecule has 0 saturated carbocycles. The third-order valence-electron chi connectivity index (χ3n) is 2.30. The Hall–Kier alpha value is -1.62. The van der Waals surface area contributed by atoms with Gasteiger partial charge in [-0.05, 0) is 31.2 Å². The number of aromatic nitrogens is 1. The molecule has 0 aliphatic heterocycles. The second-order valence-corrected chi connectivity index (χ2v) is 4.52. The molecule has 88 valence electrons. The molecule has 0 radical (unpaired) electrons. The molecule has 1 aromatic heterocycles. The predicted molar refractivity (Wildman–Crippen MR) is 65.7 cm³/mol. The van der Waals surface area contributed by atoms with Gasteiger partial charge in [0, 0.05) is 10.0 Å². The predicted octanol–water partition coefficient (Wildman–Crippen LogP) is 3.04. The molecular weight excluding hydrogens is 286 g/mol. The van der Waals surface area contributed by atoms with Crippen molar-refractivity contribution in [3.63, 3.8) is 0 Å². The Morgan fingerprint density at radius 3 is 2.65 bits per heavy atom. The van der Waals surface area contributed by atoms with Gasteiger partial charge in [-0.15, -0.1) is 0 Å². The first-order chi connectivity index (χ1) is 8.06. The standard InChI is InChI=1S/C12H10BrNO3/c1-7-10(6-11(15)16)17-12(14-7)8-2-4-9(13)5-3-8/h2-5H,6H2,1H3,(H,15,16). The summed E-state index contributed by atoms with van der Waals surface area (Å²) in [5.41, 5.74) is 1.44. The molecule has 5 heteroatoms. The zero-order valence-electron chi connectivity index (χ0n) is 9.11. The molecule has 0 aliphatic rings. The Balaban J connectivity index is 2.34. The van der Waals surface area contributed by atoms with Gasteiger partial charge in [0.15, 0.2) is 0 Å². The molecule has 1 N–H and O–H groups in total. The first-order valence-electron chi connectivity index (χ1n) is 5.00. The van der Waals surface area contributed by atoms with Crippen molar-refractivity contribution in [2.45, 2.75) is 13.3 Å². The number of carbonyl (C=O) groups is 1. The van der Waals surface area contributed by atoms with E-state index in [0.717, 1.165) is 10.0 Å². The third kappa shape index (κ3) is 2.74. The average molecular weight is 296 g/mol. The highest BCUT2D eigenvalue weighted by molar-refractivity contribution is 9.10. The Kier molecular flexibility index (Phi) is 3.28. The summed E-state index contributed by atoms with van der Waals surface area (Å²) in [5, 5.41) is 8.71. The number of aryl methyl sites for hydroxylation is 1. The van der Waals surface area contributed by atoms with Gasteiger partial charge in [0.2, 0.25) is 5.89 Å². The molecule has 0 bridgehead atoms. The molecule has 0 fully saturated rings. The molecule has 0 aliphatic carbocycles. The molecular formula is C12H10BrNO3. The van der Waals surface area contributed by atoms with E-state index in [0.29, 0.717) is 17.3 Å². The van der Waals surface area contributed by atoms with E-state index in [1.54, 1.807) is 6.92 Å². The molecule has 1 heterocycles. The highest BCUT2D eigenvalue weighted by atomic mass is 79.9. The van der Waals surface area contributed by atoms with Gasteiger partial charge in [0.1, 0.15) is 12.2 Å². The Morgan fingerprint density at radius 2 is 2.06 bits per heavy atom. The van der Waals surface area contributed by atoms with Crippen LogP contribution in [0.3, 0.4) is 0 Å². The maximum Gasteiger partial charge on any atom is 0.311 e. The zero-order valence-corrected chi connectivity index (χ0v) is 10.7. The van der Waals surface area contributed by atoms with E-state index >= 15 is 0 Å². The van der Waals surface area contributed by atoms with Crippen LogP contribution in [0.5, 0.6) is 0 Å². The first kappa shape index (κ1) is 11.9. The molecule has 1 aromatic carbocycles. The van der Waals surface area contributed by atoms with Gasteiger partial charge in [0.25, 0.3) is 0 Å². The lowest BCUT2D eigenvalue weighted by molar-refractivity contribution is -0.136. The molecule has 0 saturated heterocycles. The van der Waals surface area contributed by atoms with Gasteiger partial charge in [0.05, 0.1) is 5.69 Å². The smallest absolute Gasteiger partial charge is 0.311 e. The number of hydrogen-bond donors (Lipinski definition) is 1. The first-order valence-corrected chi connectivity index (χ1v) is 5.79. The normalized spacial score (nSPS) is 10.5. The fourth-order valence-corrected chi connectivity index (χ4v) is 1.71. The van der Waals surface area contributed by atoms with Crippen molar-refractivity contribution in [1.29, 1.82) is 0 Å². The van der Waals surface area contributed by atoms with Crippen molar-refractivity contribution in [2.75, 3.05) is 0 Å². The van der Waals surface area contributed by atoms with E-state index in [9.17, 15) is 4.79 Å². The number of carboxylic acids is 1. The van der Waals surface area contributed by atoms with Crippen molar-refractivity contribution >= 4 is 21.9 Å². The Labute approximate surface area is 106 Å². The summed E-state index contributed by atoms with van der Waals surface area (Å²) < 4.78 is 6.41. The summed E-state index contributed by atoms with van der Waals surface area (Å²) in [5.74, 6) is -0.0757. The highest BCUT2D eigenvalue weighted by Crippen LogP contribution is 2.23. The zero-order chi connectivity index (χ0) is 12.4. The van der Waals surface area contributed by atoms with Crippen molar-refractivity contribution in [3.8, 4) is 11.5 Å². The number of hydrogen-bond acceptors (Lipinski definition) is 3. The van der Waals surface area contributed by atoms with Crippen LogP contribution in [0.15, 0.2) is 33.2 Å². The molecule has 0 amide bonds. The number of aliphatic carboxylic acids is 1. The van der Waals surface area contributed by atoms with E-state index in [-0.39, 0.29) is 6.42 Å². The van der Waals surface area contributed by atoms with Crippen molar-refractivity contribution in [1.82, 2.24) is 4.98 Å². The minimum atomic E-state index is -0.924. The largest absolute Gasteiger partial charge is 0.481 e. The van der Waals surface area contributed by atoms with Crippen molar-refractivity contribution in [3.05, 3.63) is 40.2 Å². The molecule has 0 spiro atoms. The summed E-state index contributed by atoms with van der Waals surface area (Å²) in [7, 11) is 0. The summed E-state index contributed by atoms with van der Waals surface area (Å²) in [6.45, 7) is 1.74. The number of carboxylic acid groups (broad SMARTS) is 1. The molecule has 2 aromatic rings. The van der Waals surface area contributed by atoms with Crippen LogP contribution in [-0.4, -0.2) is 16.1 Å². The molecule has 0 unspecified atom stereocenters. The van der Waals surface area contributed by atoms with Crippen molar-refractivity contribution < 1.29 is 14.3 Å². The van der Waals surface area contributed by atoms with Crippen molar-refractivity contribution in [2.24, 2.45) is 0 Å². The van der Waals surface area contributed by atoms with Crippen LogP contribution >= 0.6 is 15.9 Å². The van der Waals surface area contributed by atoms with Crippen LogP contribution in [0.1, 0.15) is 11.5 Å². The molecule has 4 nitrogen and oxygen atoms in total. The van der Waals surface area contributed by atoms with Crippen LogP contribution < -0.4 is 0 Å². The average Bonchev–Trinajstić information content (AvgIpc) is 2.60. The Bertz CT molecular complexity index is 545. The van der Waals surface area contributed by atoms with E-state index in [1.807, 2.05) is 24.3 Å². The topological polar surface area (TPSA) is 63.3 Å². The molecule has 17 heavy (non-hydrogen) atoms. The number of oxazole rings is 1. The van der Waals surface area contributed by atoms with Gasteiger partial charge in [-0.3, -0.25) is 4.79 Å². The lowest BCUT2D eigenvalue weighted by Gasteiger charge is -1.95. The maximum absolute atomic E-state index is 10.6. The van der Waals surface area contributed by atoms with E-state index < -0.39 is 5.97 Å². The number of rotatable bonds is 3. The lowest BCUT2D eigenvalue weighted by atomic mass is 10.2. The van der Waals surface area contributed by atoms with Gasteiger partial charge in [-0.1, -0.05) is 15.9 Å². The van der Waals surface area contributed by atoms with Crippen LogP contribution in [0.2, 0.25) is 0 Å². The SMILES string of the molecule is Cc1nc(-c2ccc(Br)cc2)oc1CC(=O)O. The second kappa shape index (κ2) is 4.71. The molecule has 2 rings (SSSR count). The van der Waals surface area contributed by atoms with E-state index in [2.05, 4.69) is 20.9 Å². The summed E-state index contributed by atoms with van der Waals surface area (Å²) in [6, 6.07) is 7.48. The quantitative estimate of drug-likeness (QED) is 0.945. The fourth-order valence-electron chi connectivity index (χ4n) is 1.45. The third-order valence-corrected chi connectivity index (χ3v) is 2.82. The summed E-state index contributed by atoms with van der Waals surface area (Å²) in [4.78, 5) is 14.8. The fraction of sp³-hybridized carbons (Fsp3) is 0.167. The van der Waals surface area contributed by atoms with E-state index in [1.165, 1.54) is 0 Å². The number of benzene rings is 1. The van der Waals surface area contributed by atoms with Crippen LogP contribution in [0, 0.1) is 6.92 Å².